The number of benzene rings is 3. The normalized spacial score (nSPS) is 12.4. The molecule has 0 radical (unpaired) electrons. The molecule has 0 bridgehead atoms. The lowest BCUT2D eigenvalue weighted by atomic mass is 10.0. The Kier molecular flexibility index (Phi) is 41.1. The van der Waals surface area contributed by atoms with Crippen LogP contribution in [0.25, 0.3) is 0 Å². The van der Waals surface area contributed by atoms with Crippen LogP contribution in [0.2, 0.25) is 20.1 Å². The van der Waals surface area contributed by atoms with Gasteiger partial charge in [-0.2, -0.15) is 0 Å². The van der Waals surface area contributed by atoms with Crippen LogP contribution in [0.1, 0.15) is 45.5 Å². The fourth-order valence-corrected chi connectivity index (χ4v) is 8.84. The zero-order valence-electron chi connectivity index (χ0n) is 50.1. The third-order valence-corrected chi connectivity index (χ3v) is 13.4. The van der Waals surface area contributed by atoms with Crippen molar-refractivity contribution in [2.45, 2.75) is 31.7 Å². The molecule has 30 heteroatoms. The Morgan fingerprint density at radius 3 is 1.28 bits per heavy atom. The molecule has 3 aromatic rings. The SMILES string of the molecule is O=C(CCOCCOCCOCCOCCOCCOCCOCCOCCOCCOCCOCCOCCNC(=O)CCN1C(=O)C=CC1=O)NCCCOc1cc(Cl)c(C(=O)NC(Cc2ccc(NC(=O)c3c(Cl)cccc3Cl)cc2)C(=O)O)c(Cl)c1. The molecule has 26 nitrogen and oxygen atoms in total. The summed E-state index contributed by atoms with van der Waals surface area (Å²) >= 11 is 25.1. The summed E-state index contributed by atoms with van der Waals surface area (Å²) in [4.78, 5) is 86.2. The fourth-order valence-electron chi connectivity index (χ4n) is 7.63. The standard InChI is InChI=1S/C60H81Cl4N5O21/c61-47-3-1-4-48(62)56(47)58(74)67-45-7-5-44(6-8-45)41-51(60(76)77)68-59(75)57-49(63)42-46(43-50(57)64)90-16-2-13-65-53(71)12-17-78-19-21-80-23-25-82-27-29-84-31-33-86-35-37-88-39-40-89-38-36-87-34-32-85-30-28-83-26-24-81-22-20-79-18-14-66-52(70)11-15-69-54(72)9-10-55(69)73/h1,3-10,42-43,51H,2,11-41H2,(H,65,71)(H,66,70)(H,67,74)(H,68,75)(H,76,77). The molecule has 6 amide bonds. The lowest BCUT2D eigenvalue weighted by Crippen LogP contribution is -2.42. The van der Waals surface area contributed by atoms with Crippen molar-refractivity contribution in [1.82, 2.24) is 20.9 Å². The van der Waals surface area contributed by atoms with Crippen LogP contribution in [0, 0.1) is 0 Å². The summed E-state index contributed by atoms with van der Waals surface area (Å²) in [5.41, 5.74) is 0.949. The number of aliphatic carboxylic acids is 1. The van der Waals surface area contributed by atoms with Crippen molar-refractivity contribution in [1.29, 1.82) is 0 Å². The van der Waals surface area contributed by atoms with Crippen LogP contribution in [0.4, 0.5) is 5.69 Å². The number of rotatable bonds is 54. The molecule has 0 spiro atoms. The van der Waals surface area contributed by atoms with Crippen LogP contribution in [0.15, 0.2) is 66.7 Å². The van der Waals surface area contributed by atoms with Crippen LogP contribution >= 0.6 is 46.4 Å². The number of hydrogen-bond donors (Lipinski definition) is 5. The summed E-state index contributed by atoms with van der Waals surface area (Å²) < 4.78 is 71.6. The number of nitrogens with zero attached hydrogens (tertiary/aromatic N) is 1. The van der Waals surface area contributed by atoms with E-state index in [1.807, 2.05) is 0 Å². The van der Waals surface area contributed by atoms with Crippen molar-refractivity contribution in [3.63, 3.8) is 0 Å². The molecule has 0 aromatic heterocycles. The molecular formula is C60H81Cl4N5O21. The Bertz CT molecular complexity index is 2580. The number of anilines is 1. The van der Waals surface area contributed by atoms with Crippen molar-refractivity contribution >= 4 is 93.5 Å². The first-order chi connectivity index (χ1) is 43.7. The van der Waals surface area contributed by atoms with Gasteiger partial charge >= 0.3 is 5.97 Å². The molecule has 4 rings (SSSR count). The van der Waals surface area contributed by atoms with E-state index in [9.17, 15) is 38.7 Å². The maximum absolute atomic E-state index is 13.2. The Hall–Kier alpha value is -5.63. The summed E-state index contributed by atoms with van der Waals surface area (Å²) in [6, 6.07) is 12.5. The highest BCUT2D eigenvalue weighted by Gasteiger charge is 2.26. The first-order valence-corrected chi connectivity index (χ1v) is 30.7. The highest BCUT2D eigenvalue weighted by atomic mass is 35.5. The monoisotopic (exact) mass is 1350 g/mol. The van der Waals surface area contributed by atoms with Gasteiger partial charge < -0.3 is 88.0 Å². The molecule has 1 heterocycles. The van der Waals surface area contributed by atoms with Gasteiger partial charge in [0.1, 0.15) is 11.8 Å². The number of carbonyl (C=O) groups excluding carboxylic acids is 6. The van der Waals surface area contributed by atoms with Crippen molar-refractivity contribution in [2.75, 3.05) is 190 Å². The van der Waals surface area contributed by atoms with Gasteiger partial charge in [0.05, 0.1) is 196 Å². The number of carbonyl (C=O) groups is 7. The van der Waals surface area contributed by atoms with E-state index in [1.165, 1.54) is 24.3 Å². The van der Waals surface area contributed by atoms with Crippen LogP contribution < -0.4 is 26.0 Å². The van der Waals surface area contributed by atoms with E-state index in [1.54, 1.807) is 42.5 Å². The second-order valence-electron chi connectivity index (χ2n) is 19.0. The van der Waals surface area contributed by atoms with Crippen molar-refractivity contribution in [2.24, 2.45) is 0 Å². The summed E-state index contributed by atoms with van der Waals surface area (Å²) in [5.74, 6) is -3.63. The molecule has 1 aliphatic rings. The first-order valence-electron chi connectivity index (χ1n) is 29.2. The molecule has 0 aliphatic carbocycles. The Labute approximate surface area is 543 Å². The number of carboxylic acid groups (broad SMARTS) is 1. The number of imide groups is 1. The number of nitrogens with one attached hydrogen (secondary N) is 4. The summed E-state index contributed by atoms with van der Waals surface area (Å²) in [7, 11) is 0. The average Bonchev–Trinajstić information content (AvgIpc) is 1.96. The first kappa shape index (κ1) is 76.8. The molecular weight excluding hydrogens is 1270 g/mol. The Morgan fingerprint density at radius 1 is 0.456 bits per heavy atom. The van der Waals surface area contributed by atoms with E-state index in [0.29, 0.717) is 183 Å². The van der Waals surface area contributed by atoms with Gasteiger partial charge in [-0.1, -0.05) is 64.6 Å². The fraction of sp³-hybridized carbons (Fsp3) is 0.550. The molecule has 0 saturated heterocycles. The smallest absolute Gasteiger partial charge is 0.326 e. The highest BCUT2D eigenvalue weighted by Crippen LogP contribution is 2.31. The highest BCUT2D eigenvalue weighted by molar-refractivity contribution is 6.41. The second kappa shape index (κ2) is 48.2. The van der Waals surface area contributed by atoms with E-state index >= 15 is 0 Å². The zero-order chi connectivity index (χ0) is 64.8. The van der Waals surface area contributed by atoms with Crippen molar-refractivity contribution in [3.8, 4) is 5.75 Å². The molecule has 1 aliphatic heterocycles. The van der Waals surface area contributed by atoms with Crippen LogP contribution in [-0.4, -0.2) is 242 Å². The maximum Gasteiger partial charge on any atom is 0.326 e. The Balaban J connectivity index is 0.823. The minimum Gasteiger partial charge on any atom is -0.493 e. The molecule has 90 heavy (non-hydrogen) atoms. The molecule has 3 aromatic carbocycles. The molecule has 1 unspecified atom stereocenters. The van der Waals surface area contributed by atoms with Gasteiger partial charge in [-0.15, -0.1) is 0 Å². The molecule has 500 valence electrons. The zero-order valence-corrected chi connectivity index (χ0v) is 53.2. The topological polar surface area (TPSA) is 311 Å². The van der Waals surface area contributed by atoms with Gasteiger partial charge in [-0.05, 0) is 48.4 Å². The van der Waals surface area contributed by atoms with E-state index in [0.717, 1.165) is 4.90 Å². The van der Waals surface area contributed by atoms with Crippen LogP contribution in [0.5, 0.6) is 5.75 Å². The minimum absolute atomic E-state index is 0.0359. The third kappa shape index (κ3) is 34.2. The van der Waals surface area contributed by atoms with Gasteiger partial charge in [0, 0.05) is 56.7 Å². The molecule has 0 saturated carbocycles. The van der Waals surface area contributed by atoms with Crippen molar-refractivity contribution in [3.05, 3.63) is 104 Å². The van der Waals surface area contributed by atoms with E-state index in [-0.39, 0.29) is 87.8 Å². The number of amides is 6. The average molecular weight is 1350 g/mol. The minimum atomic E-state index is -1.35. The maximum atomic E-state index is 13.2. The number of hydrogen-bond acceptors (Lipinski definition) is 20. The molecule has 1 atom stereocenters. The molecule has 0 fully saturated rings. The van der Waals surface area contributed by atoms with E-state index in [2.05, 4.69) is 21.3 Å². The number of carboxylic acids is 1. The van der Waals surface area contributed by atoms with Gasteiger partial charge in [0.15, 0.2) is 0 Å². The summed E-state index contributed by atoms with van der Waals surface area (Å²) in [6.07, 6.45) is 2.93. The predicted molar refractivity (Wildman–Crippen MR) is 331 cm³/mol. The van der Waals surface area contributed by atoms with Gasteiger partial charge in [0.25, 0.3) is 23.6 Å². The lowest BCUT2D eigenvalue weighted by Gasteiger charge is -2.17. The van der Waals surface area contributed by atoms with E-state index < -0.39 is 35.6 Å². The number of ether oxygens (including phenoxy) is 13. The summed E-state index contributed by atoms with van der Waals surface area (Å²) in [6.45, 7) is 10.5. The van der Waals surface area contributed by atoms with Gasteiger partial charge in [-0.25, -0.2) is 4.79 Å². The lowest BCUT2D eigenvalue weighted by molar-refractivity contribution is -0.139. The van der Waals surface area contributed by atoms with Gasteiger partial charge in [-0.3, -0.25) is 33.7 Å². The Morgan fingerprint density at radius 2 is 0.844 bits per heavy atom. The second-order valence-corrected chi connectivity index (χ2v) is 20.6. The number of halogens is 4. The van der Waals surface area contributed by atoms with Crippen LogP contribution in [0.3, 0.4) is 0 Å². The predicted octanol–water partition coefficient (Wildman–Crippen LogP) is 4.88. The quantitative estimate of drug-likeness (QED) is 0.0371. The largest absolute Gasteiger partial charge is 0.493 e. The third-order valence-electron chi connectivity index (χ3n) is 12.2. The molecule has 5 N–H and O–H groups in total. The summed E-state index contributed by atoms with van der Waals surface area (Å²) in [5, 5.41) is 20.8. The van der Waals surface area contributed by atoms with Crippen LogP contribution in [-0.2, 0) is 87.2 Å². The van der Waals surface area contributed by atoms with Gasteiger partial charge in [0.2, 0.25) is 11.8 Å². The van der Waals surface area contributed by atoms with E-state index in [4.69, 9.17) is 108 Å². The van der Waals surface area contributed by atoms with Crippen molar-refractivity contribution < 1.29 is 100 Å².